The Hall–Kier alpha value is -3.00. The molecule has 0 unspecified atom stereocenters. The largest absolute Gasteiger partial charge is 0.320 e. The van der Waals surface area contributed by atoms with Gasteiger partial charge in [-0.3, -0.25) is 14.9 Å². The summed E-state index contributed by atoms with van der Waals surface area (Å²) in [6.45, 7) is 0. The van der Waals surface area contributed by atoms with Crippen LogP contribution in [0.5, 0.6) is 0 Å². The van der Waals surface area contributed by atoms with Crippen LogP contribution in [0.3, 0.4) is 0 Å². The molecule has 0 atom stereocenters. The number of para-hydroxylation sites is 3. The number of rotatable bonds is 4. The lowest BCUT2D eigenvalue weighted by Gasteiger charge is -2.11. The molecule has 1 amide bonds. The summed E-state index contributed by atoms with van der Waals surface area (Å²) in [6.07, 6.45) is 3.37. The minimum absolute atomic E-state index is 0.000973. The zero-order valence-electron chi connectivity index (χ0n) is 12.2. The fourth-order valence-corrected chi connectivity index (χ4v) is 2.51. The third-order valence-electron chi connectivity index (χ3n) is 3.30. The standard InChI is InChI=1S/C16H11BrN4O3/c17-11-9-18-20(10-11)15-8-4-2-6-13(15)19-16(22)12-5-1-3-7-14(12)21(23)24/h1-10H,(H,19,22). The average Bonchev–Trinajstić information content (AvgIpc) is 3.01. The molecule has 120 valence electrons. The molecule has 0 spiro atoms. The summed E-state index contributed by atoms with van der Waals surface area (Å²) in [5, 5.41) is 18.0. The maximum Gasteiger partial charge on any atom is 0.282 e. The number of hydrogen-bond donors (Lipinski definition) is 1. The molecule has 7 nitrogen and oxygen atoms in total. The smallest absolute Gasteiger partial charge is 0.282 e. The van der Waals surface area contributed by atoms with E-state index in [1.165, 1.54) is 18.2 Å². The van der Waals surface area contributed by atoms with E-state index in [2.05, 4.69) is 26.3 Å². The van der Waals surface area contributed by atoms with Crippen molar-refractivity contribution in [2.24, 2.45) is 0 Å². The molecule has 0 aliphatic rings. The maximum atomic E-state index is 12.5. The van der Waals surface area contributed by atoms with Crippen LogP contribution in [0.4, 0.5) is 11.4 Å². The Morgan fingerprint density at radius 3 is 2.58 bits per heavy atom. The number of carbonyl (C=O) groups is 1. The summed E-state index contributed by atoms with van der Waals surface area (Å²) in [5.41, 5.74) is 0.902. The van der Waals surface area contributed by atoms with Gasteiger partial charge in [0.1, 0.15) is 5.56 Å². The van der Waals surface area contributed by atoms with Gasteiger partial charge in [-0.1, -0.05) is 24.3 Å². The molecule has 3 aromatic rings. The van der Waals surface area contributed by atoms with E-state index in [9.17, 15) is 14.9 Å². The minimum Gasteiger partial charge on any atom is -0.320 e. The van der Waals surface area contributed by atoms with Crippen molar-refractivity contribution in [1.82, 2.24) is 9.78 Å². The second-order valence-electron chi connectivity index (χ2n) is 4.85. The monoisotopic (exact) mass is 386 g/mol. The molecule has 8 heteroatoms. The molecule has 0 aliphatic carbocycles. The van der Waals surface area contributed by atoms with Crippen LogP contribution in [-0.2, 0) is 0 Å². The topological polar surface area (TPSA) is 90.1 Å². The second-order valence-corrected chi connectivity index (χ2v) is 5.76. The van der Waals surface area contributed by atoms with E-state index in [1.807, 2.05) is 6.07 Å². The lowest BCUT2D eigenvalue weighted by molar-refractivity contribution is -0.385. The molecule has 1 heterocycles. The van der Waals surface area contributed by atoms with Gasteiger partial charge >= 0.3 is 0 Å². The number of anilines is 1. The molecule has 0 bridgehead atoms. The predicted molar refractivity (Wildman–Crippen MR) is 92.3 cm³/mol. The van der Waals surface area contributed by atoms with Gasteiger partial charge in [0.15, 0.2) is 0 Å². The molecule has 1 N–H and O–H groups in total. The molecule has 3 rings (SSSR count). The van der Waals surface area contributed by atoms with Crippen LogP contribution in [0.25, 0.3) is 5.69 Å². The average molecular weight is 387 g/mol. The number of aromatic nitrogens is 2. The molecule has 0 saturated heterocycles. The zero-order chi connectivity index (χ0) is 17.1. The van der Waals surface area contributed by atoms with E-state index < -0.39 is 10.8 Å². The third-order valence-corrected chi connectivity index (χ3v) is 3.71. The highest BCUT2D eigenvalue weighted by atomic mass is 79.9. The maximum absolute atomic E-state index is 12.5. The normalized spacial score (nSPS) is 10.4. The Labute approximate surface area is 145 Å². The number of nitro benzene ring substituents is 1. The van der Waals surface area contributed by atoms with Crippen LogP contribution in [0, 0.1) is 10.1 Å². The van der Waals surface area contributed by atoms with Gasteiger partial charge in [-0.15, -0.1) is 0 Å². The van der Waals surface area contributed by atoms with Gasteiger partial charge in [0.25, 0.3) is 11.6 Å². The minimum atomic E-state index is -0.578. The Kier molecular flexibility index (Phi) is 4.39. The predicted octanol–water partition coefficient (Wildman–Crippen LogP) is 3.80. The van der Waals surface area contributed by atoms with Gasteiger partial charge in [-0.05, 0) is 34.1 Å². The first-order valence-corrected chi connectivity index (χ1v) is 7.70. The number of nitrogens with zero attached hydrogens (tertiary/aromatic N) is 3. The fraction of sp³-hybridized carbons (Fsp3) is 0. The number of hydrogen-bond acceptors (Lipinski definition) is 4. The summed E-state index contributed by atoms with van der Waals surface area (Å²) in [7, 11) is 0. The highest BCUT2D eigenvalue weighted by molar-refractivity contribution is 9.10. The van der Waals surface area contributed by atoms with Crippen LogP contribution in [0.1, 0.15) is 10.4 Å². The Balaban J connectivity index is 1.95. The van der Waals surface area contributed by atoms with Crippen molar-refractivity contribution in [1.29, 1.82) is 0 Å². The van der Waals surface area contributed by atoms with Crippen LogP contribution < -0.4 is 5.32 Å². The summed E-state index contributed by atoms with van der Waals surface area (Å²) < 4.78 is 2.39. The van der Waals surface area contributed by atoms with Crippen molar-refractivity contribution in [3.63, 3.8) is 0 Å². The van der Waals surface area contributed by atoms with Gasteiger partial charge in [-0.25, -0.2) is 4.68 Å². The lowest BCUT2D eigenvalue weighted by Crippen LogP contribution is -2.15. The SMILES string of the molecule is O=C(Nc1ccccc1-n1cc(Br)cn1)c1ccccc1[N+](=O)[O-]. The molecule has 0 radical (unpaired) electrons. The Morgan fingerprint density at radius 2 is 1.88 bits per heavy atom. The highest BCUT2D eigenvalue weighted by Crippen LogP contribution is 2.24. The van der Waals surface area contributed by atoms with Gasteiger partial charge in [0.2, 0.25) is 0 Å². The molecule has 0 fully saturated rings. The van der Waals surface area contributed by atoms with Crippen molar-refractivity contribution in [3.8, 4) is 5.69 Å². The van der Waals surface area contributed by atoms with Crippen LogP contribution in [0.15, 0.2) is 65.4 Å². The van der Waals surface area contributed by atoms with Gasteiger partial charge < -0.3 is 5.32 Å². The number of carbonyl (C=O) groups excluding carboxylic acids is 1. The Bertz CT molecular complexity index is 923. The van der Waals surface area contributed by atoms with Gasteiger partial charge in [0.05, 0.1) is 27.0 Å². The highest BCUT2D eigenvalue weighted by Gasteiger charge is 2.20. The van der Waals surface area contributed by atoms with Crippen molar-refractivity contribution in [3.05, 3.63) is 81.1 Å². The molecular formula is C16H11BrN4O3. The number of nitro groups is 1. The summed E-state index contributed by atoms with van der Waals surface area (Å²) in [6, 6.07) is 12.9. The van der Waals surface area contributed by atoms with E-state index >= 15 is 0 Å². The van der Waals surface area contributed by atoms with E-state index in [1.54, 1.807) is 41.3 Å². The molecule has 24 heavy (non-hydrogen) atoms. The molecule has 0 saturated carbocycles. The summed E-state index contributed by atoms with van der Waals surface area (Å²) >= 11 is 3.32. The van der Waals surface area contributed by atoms with Crippen LogP contribution >= 0.6 is 15.9 Å². The first kappa shape index (κ1) is 15.9. The molecule has 1 aromatic heterocycles. The van der Waals surface area contributed by atoms with Crippen molar-refractivity contribution in [2.45, 2.75) is 0 Å². The van der Waals surface area contributed by atoms with E-state index in [0.29, 0.717) is 11.4 Å². The van der Waals surface area contributed by atoms with Crippen LogP contribution in [-0.4, -0.2) is 20.6 Å². The van der Waals surface area contributed by atoms with E-state index in [0.717, 1.165) is 4.47 Å². The lowest BCUT2D eigenvalue weighted by atomic mass is 10.1. The third kappa shape index (κ3) is 3.18. The first-order valence-electron chi connectivity index (χ1n) is 6.90. The number of benzene rings is 2. The molecule has 0 aliphatic heterocycles. The van der Waals surface area contributed by atoms with Crippen molar-refractivity contribution >= 4 is 33.2 Å². The number of nitrogens with one attached hydrogen (secondary N) is 1. The van der Waals surface area contributed by atoms with Crippen LogP contribution in [0.2, 0.25) is 0 Å². The Morgan fingerprint density at radius 1 is 1.17 bits per heavy atom. The van der Waals surface area contributed by atoms with E-state index in [-0.39, 0.29) is 11.3 Å². The van der Waals surface area contributed by atoms with Gasteiger partial charge in [0, 0.05) is 12.3 Å². The molecule has 2 aromatic carbocycles. The number of halogens is 1. The summed E-state index contributed by atoms with van der Waals surface area (Å²) in [5.74, 6) is -0.555. The van der Waals surface area contributed by atoms with E-state index in [4.69, 9.17) is 0 Å². The summed E-state index contributed by atoms with van der Waals surface area (Å²) in [4.78, 5) is 23.0. The van der Waals surface area contributed by atoms with Gasteiger partial charge in [-0.2, -0.15) is 5.10 Å². The zero-order valence-corrected chi connectivity index (χ0v) is 13.8. The first-order chi connectivity index (χ1) is 11.6. The van der Waals surface area contributed by atoms with Crippen molar-refractivity contribution < 1.29 is 9.72 Å². The second kappa shape index (κ2) is 6.63. The fourth-order valence-electron chi connectivity index (χ4n) is 2.23. The van der Waals surface area contributed by atoms with Crippen molar-refractivity contribution in [2.75, 3.05) is 5.32 Å². The quantitative estimate of drug-likeness (QED) is 0.545. The molecular weight excluding hydrogens is 376 g/mol. The number of amides is 1.